The summed E-state index contributed by atoms with van der Waals surface area (Å²) in [6, 6.07) is 5.77. The van der Waals surface area contributed by atoms with Crippen molar-refractivity contribution < 1.29 is 9.66 Å². The molecule has 18 heavy (non-hydrogen) atoms. The van der Waals surface area contributed by atoms with Gasteiger partial charge >= 0.3 is 5.69 Å². The van der Waals surface area contributed by atoms with Crippen LogP contribution < -0.4 is 4.74 Å². The van der Waals surface area contributed by atoms with Crippen LogP contribution in [0.15, 0.2) is 41.1 Å². The minimum absolute atomic E-state index is 0.0763. The van der Waals surface area contributed by atoms with Gasteiger partial charge in [-0.1, -0.05) is 11.6 Å². The van der Waals surface area contributed by atoms with Gasteiger partial charge < -0.3 is 4.74 Å². The predicted molar refractivity (Wildman–Crippen MR) is 70.1 cm³/mol. The highest BCUT2D eigenvalue weighted by Gasteiger charge is 2.16. The lowest BCUT2D eigenvalue weighted by molar-refractivity contribution is -0.385. The Morgan fingerprint density at radius 3 is 2.78 bits per heavy atom. The first-order valence-corrected chi connectivity index (χ1v) is 5.96. The van der Waals surface area contributed by atoms with Gasteiger partial charge in [-0.2, -0.15) is 0 Å². The van der Waals surface area contributed by atoms with E-state index in [1.165, 1.54) is 24.4 Å². The maximum absolute atomic E-state index is 10.8. The van der Waals surface area contributed by atoms with Gasteiger partial charge in [0, 0.05) is 27.8 Å². The van der Waals surface area contributed by atoms with Crippen LogP contribution in [0.2, 0.25) is 5.02 Å². The minimum atomic E-state index is -0.531. The fraction of sp³-hybridized carbons (Fsp3) is 0. The number of ether oxygens (including phenoxy) is 1. The summed E-state index contributed by atoms with van der Waals surface area (Å²) in [5.74, 6) is 0.460. The number of rotatable bonds is 3. The molecule has 0 N–H and O–H groups in total. The van der Waals surface area contributed by atoms with Crippen molar-refractivity contribution in [2.75, 3.05) is 0 Å². The SMILES string of the molecule is O=[N+]([O-])c1ccc(Cl)cc1Oc1cncc(Br)c1. The molecule has 0 aliphatic carbocycles. The Morgan fingerprint density at radius 2 is 2.11 bits per heavy atom. The van der Waals surface area contributed by atoms with E-state index in [0.717, 1.165) is 0 Å². The molecule has 0 saturated heterocycles. The average molecular weight is 330 g/mol. The van der Waals surface area contributed by atoms with E-state index in [4.69, 9.17) is 16.3 Å². The summed E-state index contributed by atoms with van der Waals surface area (Å²) in [5, 5.41) is 11.2. The van der Waals surface area contributed by atoms with Crippen LogP contribution in [0, 0.1) is 10.1 Å². The molecule has 1 aromatic heterocycles. The summed E-state index contributed by atoms with van der Waals surface area (Å²) < 4.78 is 6.13. The highest BCUT2D eigenvalue weighted by molar-refractivity contribution is 9.10. The standard InChI is InChI=1S/C11H6BrClN2O3/c12-7-3-9(6-14-5-7)18-11-4-8(13)1-2-10(11)15(16)17/h1-6H. The lowest BCUT2D eigenvalue weighted by Crippen LogP contribution is -1.93. The molecule has 0 aliphatic heterocycles. The molecule has 0 aliphatic rings. The first kappa shape index (κ1) is 12.8. The Hall–Kier alpha value is -1.66. The van der Waals surface area contributed by atoms with Gasteiger partial charge in [-0.3, -0.25) is 15.1 Å². The Morgan fingerprint density at radius 1 is 1.33 bits per heavy atom. The van der Waals surface area contributed by atoms with Crippen LogP contribution in [0.25, 0.3) is 0 Å². The van der Waals surface area contributed by atoms with Crippen LogP contribution in [0.5, 0.6) is 11.5 Å². The second-order valence-electron chi connectivity index (χ2n) is 3.31. The van der Waals surface area contributed by atoms with Crippen molar-refractivity contribution >= 4 is 33.2 Å². The van der Waals surface area contributed by atoms with Gasteiger partial charge in [0.2, 0.25) is 5.75 Å². The highest BCUT2D eigenvalue weighted by Crippen LogP contribution is 2.33. The van der Waals surface area contributed by atoms with Crippen LogP contribution >= 0.6 is 27.5 Å². The maximum atomic E-state index is 10.8. The van der Waals surface area contributed by atoms with Crippen molar-refractivity contribution in [2.24, 2.45) is 0 Å². The molecule has 0 atom stereocenters. The van der Waals surface area contributed by atoms with E-state index in [1.54, 1.807) is 12.3 Å². The van der Waals surface area contributed by atoms with E-state index < -0.39 is 4.92 Å². The number of nitro benzene ring substituents is 1. The third-order valence-corrected chi connectivity index (χ3v) is 2.69. The summed E-state index contributed by atoms with van der Waals surface area (Å²) in [5.41, 5.74) is -0.153. The van der Waals surface area contributed by atoms with E-state index in [2.05, 4.69) is 20.9 Å². The summed E-state index contributed by atoms with van der Waals surface area (Å²) in [7, 11) is 0. The Kier molecular flexibility index (Phi) is 3.78. The van der Waals surface area contributed by atoms with Crippen molar-refractivity contribution in [1.29, 1.82) is 0 Å². The maximum Gasteiger partial charge on any atom is 0.311 e. The average Bonchev–Trinajstić information content (AvgIpc) is 2.28. The van der Waals surface area contributed by atoms with Crippen molar-refractivity contribution in [2.45, 2.75) is 0 Å². The van der Waals surface area contributed by atoms with Crippen LogP contribution in [0.1, 0.15) is 0 Å². The molecule has 1 heterocycles. The Bertz CT molecular complexity index is 607. The van der Waals surface area contributed by atoms with E-state index in [0.29, 0.717) is 15.2 Å². The smallest absolute Gasteiger partial charge is 0.311 e. The van der Waals surface area contributed by atoms with Crippen molar-refractivity contribution in [3.05, 3.63) is 56.3 Å². The molecule has 2 rings (SSSR count). The van der Waals surface area contributed by atoms with Gasteiger partial charge in [0.05, 0.1) is 11.1 Å². The molecular formula is C11H6BrClN2O3. The summed E-state index contributed by atoms with van der Waals surface area (Å²) in [6.45, 7) is 0. The number of nitro groups is 1. The number of aromatic nitrogens is 1. The number of halogens is 2. The number of benzene rings is 1. The zero-order chi connectivity index (χ0) is 13.1. The van der Waals surface area contributed by atoms with Gasteiger partial charge in [-0.25, -0.2) is 0 Å². The zero-order valence-electron chi connectivity index (χ0n) is 8.84. The second-order valence-corrected chi connectivity index (χ2v) is 4.66. The van der Waals surface area contributed by atoms with Crippen LogP contribution in [0.3, 0.4) is 0 Å². The first-order chi connectivity index (χ1) is 8.56. The molecular weight excluding hydrogens is 323 g/mol. The van der Waals surface area contributed by atoms with Crippen molar-refractivity contribution in [3.63, 3.8) is 0 Å². The van der Waals surface area contributed by atoms with Crippen molar-refractivity contribution in [1.82, 2.24) is 4.98 Å². The molecule has 0 unspecified atom stereocenters. The van der Waals surface area contributed by atoms with E-state index in [9.17, 15) is 10.1 Å². The molecule has 5 nitrogen and oxygen atoms in total. The van der Waals surface area contributed by atoms with Gasteiger partial charge in [0.15, 0.2) is 0 Å². The molecule has 92 valence electrons. The van der Waals surface area contributed by atoms with Crippen molar-refractivity contribution in [3.8, 4) is 11.5 Å². The quantitative estimate of drug-likeness (QED) is 0.625. The Balaban J connectivity index is 2.39. The van der Waals surface area contributed by atoms with Crippen LogP contribution in [-0.2, 0) is 0 Å². The lowest BCUT2D eigenvalue weighted by Gasteiger charge is -2.06. The molecule has 0 radical (unpaired) electrons. The lowest BCUT2D eigenvalue weighted by atomic mass is 10.3. The number of pyridine rings is 1. The summed E-state index contributed by atoms with van der Waals surface area (Å²) >= 11 is 9.03. The molecule has 0 spiro atoms. The topological polar surface area (TPSA) is 65.3 Å². The summed E-state index contributed by atoms with van der Waals surface area (Å²) in [6.07, 6.45) is 3.04. The molecule has 0 fully saturated rings. The monoisotopic (exact) mass is 328 g/mol. The highest BCUT2D eigenvalue weighted by atomic mass is 79.9. The summed E-state index contributed by atoms with van der Waals surface area (Å²) in [4.78, 5) is 14.2. The third kappa shape index (κ3) is 2.96. The van der Waals surface area contributed by atoms with Crippen LogP contribution in [0.4, 0.5) is 5.69 Å². The van der Waals surface area contributed by atoms with Gasteiger partial charge in [0.25, 0.3) is 0 Å². The molecule has 1 aromatic carbocycles. The predicted octanol–water partition coefficient (Wildman–Crippen LogP) is 4.20. The fourth-order valence-corrected chi connectivity index (χ4v) is 1.80. The fourth-order valence-electron chi connectivity index (χ4n) is 1.30. The third-order valence-electron chi connectivity index (χ3n) is 2.03. The number of hydrogen-bond acceptors (Lipinski definition) is 4. The number of nitrogens with zero attached hydrogens (tertiary/aromatic N) is 2. The first-order valence-electron chi connectivity index (χ1n) is 4.78. The molecule has 7 heteroatoms. The molecule has 0 amide bonds. The van der Waals surface area contributed by atoms with Gasteiger partial charge in [-0.05, 0) is 28.1 Å². The normalized spacial score (nSPS) is 10.1. The minimum Gasteiger partial charge on any atom is -0.448 e. The van der Waals surface area contributed by atoms with Gasteiger partial charge in [0.1, 0.15) is 5.75 Å². The molecule has 0 saturated carbocycles. The van der Waals surface area contributed by atoms with E-state index >= 15 is 0 Å². The molecule has 2 aromatic rings. The van der Waals surface area contributed by atoms with Gasteiger partial charge in [-0.15, -0.1) is 0 Å². The van der Waals surface area contributed by atoms with Crippen LogP contribution in [-0.4, -0.2) is 9.91 Å². The molecule has 0 bridgehead atoms. The zero-order valence-corrected chi connectivity index (χ0v) is 11.2. The van der Waals surface area contributed by atoms with E-state index in [-0.39, 0.29) is 11.4 Å². The second kappa shape index (κ2) is 5.32. The number of hydrogen-bond donors (Lipinski definition) is 0. The Labute approximate surface area is 116 Å². The largest absolute Gasteiger partial charge is 0.448 e. The van der Waals surface area contributed by atoms with E-state index in [1.807, 2.05) is 0 Å².